The van der Waals surface area contributed by atoms with Crippen LogP contribution >= 0.6 is 11.6 Å². The number of halogens is 1. The Morgan fingerprint density at radius 3 is 2.50 bits per heavy atom. The Morgan fingerprint density at radius 2 is 1.82 bits per heavy atom. The van der Waals surface area contributed by atoms with E-state index in [9.17, 15) is 9.59 Å². The number of ether oxygens (including phenoxy) is 1. The maximum Gasteiger partial charge on any atom is 0.335 e. The Balaban J connectivity index is 1.69. The van der Waals surface area contributed by atoms with Crippen molar-refractivity contribution in [3.05, 3.63) is 76.5 Å². The number of hydrazone groups is 1. The zero-order valence-corrected chi connectivity index (χ0v) is 15.4. The van der Waals surface area contributed by atoms with Gasteiger partial charge in [-0.05, 0) is 54.6 Å². The van der Waals surface area contributed by atoms with Gasteiger partial charge in [-0.15, -0.1) is 0 Å². The quantitative estimate of drug-likeness (QED) is 0.481. The van der Waals surface area contributed by atoms with Gasteiger partial charge in [0.1, 0.15) is 17.3 Å². The Hall–Kier alpha value is -3.58. The number of amides is 1. The smallest absolute Gasteiger partial charge is 0.335 e. The van der Waals surface area contributed by atoms with Crippen LogP contribution in [-0.4, -0.2) is 30.3 Å². The molecule has 0 saturated carbocycles. The van der Waals surface area contributed by atoms with Crippen LogP contribution in [0.2, 0.25) is 5.02 Å². The largest absolute Gasteiger partial charge is 0.497 e. The summed E-state index contributed by atoms with van der Waals surface area (Å²) in [5.74, 6) is -0.0537. The van der Waals surface area contributed by atoms with Crippen LogP contribution in [0.15, 0.2) is 64.1 Å². The lowest BCUT2D eigenvalue weighted by Gasteiger charge is -2.02. The van der Waals surface area contributed by atoms with Crippen LogP contribution in [0, 0.1) is 0 Å². The minimum Gasteiger partial charge on any atom is -0.497 e. The van der Waals surface area contributed by atoms with Crippen molar-refractivity contribution in [1.82, 2.24) is 5.43 Å². The molecule has 3 aromatic rings. The van der Waals surface area contributed by atoms with E-state index in [1.165, 1.54) is 24.4 Å². The summed E-state index contributed by atoms with van der Waals surface area (Å²) in [6.45, 7) is 0. The van der Waals surface area contributed by atoms with Gasteiger partial charge in [-0.3, -0.25) is 4.79 Å². The van der Waals surface area contributed by atoms with Gasteiger partial charge in [0.25, 0.3) is 5.91 Å². The topological polar surface area (TPSA) is 101 Å². The van der Waals surface area contributed by atoms with E-state index in [0.29, 0.717) is 33.4 Å². The first-order valence-electron chi connectivity index (χ1n) is 8.08. The molecule has 0 unspecified atom stereocenters. The number of aromatic carboxylic acids is 1. The van der Waals surface area contributed by atoms with Gasteiger partial charge in [-0.1, -0.05) is 11.6 Å². The number of carboxylic acids is 1. The average Bonchev–Trinajstić information content (AvgIpc) is 3.16. The summed E-state index contributed by atoms with van der Waals surface area (Å²) in [4.78, 5) is 23.2. The highest BCUT2D eigenvalue weighted by molar-refractivity contribution is 6.33. The monoisotopic (exact) mass is 398 g/mol. The number of carbonyl (C=O) groups excluding carboxylic acids is 1. The van der Waals surface area contributed by atoms with Gasteiger partial charge in [0.05, 0.1) is 23.9 Å². The molecule has 8 heteroatoms. The maximum absolute atomic E-state index is 12.0. The summed E-state index contributed by atoms with van der Waals surface area (Å²) in [6.07, 6.45) is 1.33. The lowest BCUT2D eigenvalue weighted by Crippen LogP contribution is -2.17. The van der Waals surface area contributed by atoms with E-state index in [-0.39, 0.29) is 11.5 Å². The van der Waals surface area contributed by atoms with E-state index >= 15 is 0 Å². The Labute approximate surface area is 165 Å². The van der Waals surface area contributed by atoms with E-state index in [1.54, 1.807) is 43.5 Å². The molecule has 2 N–H and O–H groups in total. The van der Waals surface area contributed by atoms with Crippen molar-refractivity contribution < 1.29 is 23.8 Å². The zero-order valence-electron chi connectivity index (χ0n) is 14.7. The standard InChI is InChI=1S/C20H15ClN2O5/c1-27-14-5-2-12(3-6-14)19(24)23-22-11-15-7-9-18(28-15)16-10-13(20(25)26)4-8-17(16)21/h2-11H,1H3,(H,23,24)(H,25,26). The van der Waals surface area contributed by atoms with E-state index in [4.69, 9.17) is 25.9 Å². The number of hydrogen-bond donors (Lipinski definition) is 2. The number of nitrogens with one attached hydrogen (secondary N) is 1. The molecule has 142 valence electrons. The fourth-order valence-electron chi connectivity index (χ4n) is 2.38. The number of methoxy groups -OCH3 is 1. The Kier molecular flexibility index (Phi) is 5.76. The van der Waals surface area contributed by atoms with Crippen molar-refractivity contribution in [2.75, 3.05) is 7.11 Å². The number of carbonyl (C=O) groups is 2. The van der Waals surface area contributed by atoms with Gasteiger partial charge in [0.2, 0.25) is 0 Å². The molecule has 0 saturated heterocycles. The maximum atomic E-state index is 12.0. The summed E-state index contributed by atoms with van der Waals surface area (Å²) in [6, 6.07) is 14.2. The van der Waals surface area contributed by atoms with Crippen molar-refractivity contribution in [3.8, 4) is 17.1 Å². The van der Waals surface area contributed by atoms with Crippen molar-refractivity contribution >= 4 is 29.7 Å². The minimum absolute atomic E-state index is 0.0952. The summed E-state index contributed by atoms with van der Waals surface area (Å²) in [5, 5.41) is 13.3. The lowest BCUT2D eigenvalue weighted by atomic mass is 10.1. The van der Waals surface area contributed by atoms with Crippen molar-refractivity contribution in [1.29, 1.82) is 0 Å². The first-order chi connectivity index (χ1) is 13.5. The number of benzene rings is 2. The third-order valence-electron chi connectivity index (χ3n) is 3.82. The molecule has 1 heterocycles. The highest BCUT2D eigenvalue weighted by atomic mass is 35.5. The fourth-order valence-corrected chi connectivity index (χ4v) is 2.59. The molecule has 2 aromatic carbocycles. The summed E-state index contributed by atoms with van der Waals surface area (Å²) in [5.41, 5.74) is 3.36. The molecule has 28 heavy (non-hydrogen) atoms. The first kappa shape index (κ1) is 19.2. The second-order valence-electron chi connectivity index (χ2n) is 5.63. The van der Waals surface area contributed by atoms with Crippen LogP contribution in [0.5, 0.6) is 5.75 Å². The van der Waals surface area contributed by atoms with E-state index in [0.717, 1.165) is 0 Å². The van der Waals surface area contributed by atoms with Crippen molar-refractivity contribution in [3.63, 3.8) is 0 Å². The van der Waals surface area contributed by atoms with E-state index < -0.39 is 5.97 Å². The van der Waals surface area contributed by atoms with Crippen molar-refractivity contribution in [2.24, 2.45) is 5.10 Å². The van der Waals surface area contributed by atoms with Gasteiger partial charge in [0, 0.05) is 11.1 Å². The number of hydrogen-bond acceptors (Lipinski definition) is 5. The highest BCUT2D eigenvalue weighted by Gasteiger charge is 2.12. The molecule has 0 radical (unpaired) electrons. The number of carboxylic acid groups (broad SMARTS) is 1. The predicted molar refractivity (Wildman–Crippen MR) is 104 cm³/mol. The number of nitrogens with zero attached hydrogens (tertiary/aromatic N) is 1. The first-order valence-corrected chi connectivity index (χ1v) is 8.46. The summed E-state index contributed by atoms with van der Waals surface area (Å²) >= 11 is 6.13. The van der Waals surface area contributed by atoms with Crippen LogP contribution in [-0.2, 0) is 0 Å². The molecule has 0 aliphatic carbocycles. The third kappa shape index (κ3) is 4.39. The molecule has 0 aliphatic heterocycles. The van der Waals surface area contributed by atoms with Crippen LogP contribution in [0.3, 0.4) is 0 Å². The van der Waals surface area contributed by atoms with E-state index in [2.05, 4.69) is 10.5 Å². The zero-order chi connectivity index (χ0) is 20.1. The Morgan fingerprint density at radius 1 is 1.11 bits per heavy atom. The average molecular weight is 399 g/mol. The molecule has 0 bridgehead atoms. The summed E-state index contributed by atoms with van der Waals surface area (Å²) in [7, 11) is 1.54. The molecule has 0 aliphatic rings. The minimum atomic E-state index is -1.06. The fraction of sp³-hybridized carbons (Fsp3) is 0.0500. The number of rotatable bonds is 6. The molecule has 7 nitrogen and oxygen atoms in total. The van der Waals surface area contributed by atoms with Gasteiger partial charge in [-0.25, -0.2) is 10.2 Å². The van der Waals surface area contributed by atoms with Crippen molar-refractivity contribution in [2.45, 2.75) is 0 Å². The molecular weight excluding hydrogens is 384 g/mol. The van der Waals surface area contributed by atoms with Gasteiger partial charge >= 0.3 is 5.97 Å². The van der Waals surface area contributed by atoms with Gasteiger partial charge in [-0.2, -0.15) is 5.10 Å². The molecule has 0 atom stereocenters. The second-order valence-corrected chi connectivity index (χ2v) is 6.04. The molecular formula is C20H15ClN2O5. The molecule has 0 fully saturated rings. The van der Waals surface area contributed by atoms with Crippen LogP contribution in [0.1, 0.15) is 26.5 Å². The van der Waals surface area contributed by atoms with Crippen LogP contribution < -0.4 is 10.2 Å². The van der Waals surface area contributed by atoms with Gasteiger partial charge < -0.3 is 14.3 Å². The highest BCUT2D eigenvalue weighted by Crippen LogP contribution is 2.30. The summed E-state index contributed by atoms with van der Waals surface area (Å²) < 4.78 is 10.6. The van der Waals surface area contributed by atoms with Gasteiger partial charge in [0.15, 0.2) is 0 Å². The third-order valence-corrected chi connectivity index (χ3v) is 4.15. The Bertz CT molecular complexity index is 1040. The van der Waals surface area contributed by atoms with Crippen LogP contribution in [0.4, 0.5) is 0 Å². The predicted octanol–water partition coefficient (Wildman–Crippen LogP) is 4.07. The normalized spacial score (nSPS) is 10.8. The molecule has 1 aromatic heterocycles. The van der Waals surface area contributed by atoms with Crippen LogP contribution in [0.25, 0.3) is 11.3 Å². The SMILES string of the molecule is COc1ccc(C(=O)NN=Cc2ccc(-c3cc(C(=O)O)ccc3Cl)o2)cc1. The lowest BCUT2D eigenvalue weighted by molar-refractivity contribution is 0.0696. The molecule has 1 amide bonds. The van der Waals surface area contributed by atoms with E-state index in [1.807, 2.05) is 0 Å². The molecule has 0 spiro atoms. The second kappa shape index (κ2) is 8.41. The molecule has 3 rings (SSSR count). The number of furan rings is 1.